The molecule has 0 spiro atoms. The van der Waals surface area contributed by atoms with Crippen LogP contribution in [-0.4, -0.2) is 44.9 Å². The summed E-state index contributed by atoms with van der Waals surface area (Å²) >= 11 is 0. The molecule has 156 valence electrons. The van der Waals surface area contributed by atoms with Crippen molar-refractivity contribution in [1.82, 2.24) is 19.3 Å². The molecule has 1 N–H and O–H groups in total. The number of aromatic nitrogens is 4. The third-order valence-electron chi connectivity index (χ3n) is 5.07. The van der Waals surface area contributed by atoms with E-state index in [0.29, 0.717) is 48.0 Å². The van der Waals surface area contributed by atoms with Crippen LogP contribution in [0.1, 0.15) is 45.9 Å². The number of nitrogens with one attached hydrogen (secondary N) is 1. The number of esters is 1. The number of methoxy groups -OCH3 is 1. The first kappa shape index (κ1) is 19.7. The smallest absolute Gasteiger partial charge is 0.338 e. The van der Waals surface area contributed by atoms with Crippen molar-refractivity contribution in [3.05, 3.63) is 47.8 Å². The number of allylic oxidation sites excluding steroid dienone is 1. The predicted molar refractivity (Wildman–Crippen MR) is 111 cm³/mol. The van der Waals surface area contributed by atoms with E-state index in [0.717, 1.165) is 11.2 Å². The third kappa shape index (κ3) is 3.22. The summed E-state index contributed by atoms with van der Waals surface area (Å²) in [5.41, 5.74) is 2.81. The van der Waals surface area contributed by atoms with Crippen LogP contribution in [0.2, 0.25) is 0 Å². The second kappa shape index (κ2) is 7.66. The Morgan fingerprint density at radius 1 is 1.40 bits per heavy atom. The van der Waals surface area contributed by atoms with E-state index in [1.165, 1.54) is 7.11 Å². The molecular formula is C21H23N5O4. The first-order valence-corrected chi connectivity index (χ1v) is 9.70. The van der Waals surface area contributed by atoms with E-state index in [2.05, 4.69) is 22.0 Å². The summed E-state index contributed by atoms with van der Waals surface area (Å²) in [6, 6.07) is 4.93. The van der Waals surface area contributed by atoms with Gasteiger partial charge in [0.15, 0.2) is 0 Å². The molecule has 0 radical (unpaired) electrons. The van der Waals surface area contributed by atoms with Gasteiger partial charge in [0, 0.05) is 6.54 Å². The molecule has 1 aliphatic rings. The van der Waals surface area contributed by atoms with E-state index < -0.39 is 5.97 Å². The molecule has 4 rings (SSSR count). The minimum absolute atomic E-state index is 0.0860. The minimum atomic E-state index is -0.479. The van der Waals surface area contributed by atoms with Gasteiger partial charge in [0.25, 0.3) is 5.91 Å². The van der Waals surface area contributed by atoms with Gasteiger partial charge in [-0.1, -0.05) is 6.08 Å². The molecule has 0 fully saturated rings. The standard InChI is InChI=1S/C21H23N5O4/c1-5-7-14-11-30-17-10-13(20(28)29-4)9-15-18(17)26(14)21(22-15)23-19(27)16-8-12(3)24-25(16)6-2/h5,8-10,14H,1,6-7,11H2,2-4H3,(H,22,23,27). The number of carbonyl (C=O) groups excluding carboxylic acids is 2. The van der Waals surface area contributed by atoms with Gasteiger partial charge in [-0.3, -0.25) is 19.4 Å². The summed E-state index contributed by atoms with van der Waals surface area (Å²) in [5, 5.41) is 7.24. The molecule has 0 saturated carbocycles. The highest BCUT2D eigenvalue weighted by atomic mass is 16.5. The SMILES string of the molecule is C=CCC1COc2cc(C(=O)OC)cc3nc(NC(=O)c4cc(C)nn4CC)n1c23. The quantitative estimate of drug-likeness (QED) is 0.496. The van der Waals surface area contributed by atoms with Crippen LogP contribution in [-0.2, 0) is 11.3 Å². The van der Waals surface area contributed by atoms with Gasteiger partial charge in [-0.15, -0.1) is 6.58 Å². The number of rotatable bonds is 6. The second-order valence-electron chi connectivity index (χ2n) is 7.07. The highest BCUT2D eigenvalue weighted by Gasteiger charge is 2.29. The first-order valence-electron chi connectivity index (χ1n) is 9.70. The summed E-state index contributed by atoms with van der Waals surface area (Å²) in [6.07, 6.45) is 2.44. The summed E-state index contributed by atoms with van der Waals surface area (Å²) < 4.78 is 14.3. The molecule has 0 aliphatic carbocycles. The predicted octanol–water partition coefficient (Wildman–Crippen LogP) is 3.11. The Morgan fingerprint density at radius 2 is 2.20 bits per heavy atom. The van der Waals surface area contributed by atoms with E-state index in [1.54, 1.807) is 29.0 Å². The van der Waals surface area contributed by atoms with E-state index >= 15 is 0 Å². The van der Waals surface area contributed by atoms with Gasteiger partial charge in [0.05, 0.1) is 29.9 Å². The fraction of sp³-hybridized carbons (Fsp3) is 0.333. The maximum Gasteiger partial charge on any atom is 0.338 e. The minimum Gasteiger partial charge on any atom is -0.489 e. The molecule has 3 heterocycles. The molecule has 9 heteroatoms. The van der Waals surface area contributed by atoms with Crippen molar-refractivity contribution in [1.29, 1.82) is 0 Å². The lowest BCUT2D eigenvalue weighted by Gasteiger charge is -2.26. The van der Waals surface area contributed by atoms with Gasteiger partial charge in [-0.25, -0.2) is 9.78 Å². The zero-order valence-corrected chi connectivity index (χ0v) is 17.1. The average Bonchev–Trinajstić information content (AvgIpc) is 3.30. The highest BCUT2D eigenvalue weighted by molar-refractivity contribution is 6.04. The number of imidazole rings is 1. The van der Waals surface area contributed by atoms with Crippen molar-refractivity contribution < 1.29 is 19.1 Å². The summed E-state index contributed by atoms with van der Waals surface area (Å²) in [7, 11) is 1.32. The second-order valence-corrected chi connectivity index (χ2v) is 7.07. The van der Waals surface area contributed by atoms with Crippen molar-refractivity contribution in [2.24, 2.45) is 0 Å². The van der Waals surface area contributed by atoms with Crippen LogP contribution >= 0.6 is 0 Å². The zero-order chi connectivity index (χ0) is 21.4. The fourth-order valence-corrected chi connectivity index (χ4v) is 3.75. The van der Waals surface area contributed by atoms with Gasteiger partial charge >= 0.3 is 5.97 Å². The lowest BCUT2D eigenvalue weighted by molar-refractivity contribution is 0.0600. The topological polar surface area (TPSA) is 100 Å². The Hall–Kier alpha value is -3.62. The van der Waals surface area contributed by atoms with Gasteiger partial charge in [-0.05, 0) is 38.5 Å². The number of benzene rings is 1. The highest BCUT2D eigenvalue weighted by Crippen LogP contribution is 2.38. The lowest BCUT2D eigenvalue weighted by atomic mass is 10.1. The Bertz CT molecular complexity index is 1160. The van der Waals surface area contributed by atoms with E-state index in [-0.39, 0.29) is 11.9 Å². The molecule has 1 aromatic carbocycles. The van der Waals surface area contributed by atoms with Crippen molar-refractivity contribution in [2.75, 3.05) is 19.0 Å². The average molecular weight is 409 g/mol. The van der Waals surface area contributed by atoms with Crippen molar-refractivity contribution >= 4 is 28.9 Å². The molecule has 2 aromatic heterocycles. The number of hydrogen-bond acceptors (Lipinski definition) is 6. The fourth-order valence-electron chi connectivity index (χ4n) is 3.75. The number of aryl methyl sites for hydroxylation is 2. The summed E-state index contributed by atoms with van der Waals surface area (Å²) in [6.45, 7) is 8.53. The lowest BCUT2D eigenvalue weighted by Crippen LogP contribution is -2.25. The summed E-state index contributed by atoms with van der Waals surface area (Å²) in [5.74, 6) is 0.126. The molecule has 1 amide bonds. The molecule has 0 bridgehead atoms. The van der Waals surface area contributed by atoms with Gasteiger partial charge < -0.3 is 9.47 Å². The molecule has 1 aliphatic heterocycles. The van der Waals surface area contributed by atoms with Crippen LogP contribution < -0.4 is 10.1 Å². The number of amides is 1. The Labute approximate surface area is 173 Å². The maximum absolute atomic E-state index is 13.0. The van der Waals surface area contributed by atoms with E-state index in [4.69, 9.17) is 9.47 Å². The zero-order valence-electron chi connectivity index (χ0n) is 17.1. The molecular weight excluding hydrogens is 386 g/mol. The van der Waals surface area contributed by atoms with Crippen LogP contribution in [0, 0.1) is 6.92 Å². The largest absolute Gasteiger partial charge is 0.489 e. The molecule has 1 unspecified atom stereocenters. The number of nitrogens with zero attached hydrogens (tertiary/aromatic N) is 4. The number of hydrogen-bond donors (Lipinski definition) is 1. The van der Waals surface area contributed by atoms with E-state index in [9.17, 15) is 9.59 Å². The van der Waals surface area contributed by atoms with Gasteiger partial charge in [0.1, 0.15) is 23.6 Å². The number of carbonyl (C=O) groups is 2. The van der Waals surface area contributed by atoms with Crippen LogP contribution in [0.15, 0.2) is 30.9 Å². The van der Waals surface area contributed by atoms with Gasteiger partial charge in [0.2, 0.25) is 5.95 Å². The Kier molecular flexibility index (Phi) is 5.03. The van der Waals surface area contributed by atoms with Gasteiger partial charge in [-0.2, -0.15) is 5.10 Å². The molecule has 9 nitrogen and oxygen atoms in total. The summed E-state index contributed by atoms with van der Waals surface area (Å²) in [4.78, 5) is 29.6. The Balaban J connectivity index is 1.82. The normalized spacial score (nSPS) is 15.0. The number of ether oxygens (including phenoxy) is 2. The van der Waals surface area contributed by atoms with Crippen LogP contribution in [0.25, 0.3) is 11.0 Å². The molecule has 3 aromatic rings. The molecule has 0 saturated heterocycles. The van der Waals surface area contributed by atoms with Crippen molar-refractivity contribution in [2.45, 2.75) is 32.9 Å². The van der Waals surface area contributed by atoms with E-state index in [1.807, 2.05) is 18.4 Å². The van der Waals surface area contributed by atoms with Crippen LogP contribution in [0.4, 0.5) is 5.95 Å². The van der Waals surface area contributed by atoms with Crippen molar-refractivity contribution in [3.63, 3.8) is 0 Å². The maximum atomic E-state index is 13.0. The van der Waals surface area contributed by atoms with Crippen molar-refractivity contribution in [3.8, 4) is 5.75 Å². The third-order valence-corrected chi connectivity index (χ3v) is 5.07. The van der Waals surface area contributed by atoms with Crippen LogP contribution in [0.3, 0.4) is 0 Å². The monoisotopic (exact) mass is 409 g/mol. The Morgan fingerprint density at radius 3 is 2.90 bits per heavy atom. The number of anilines is 1. The first-order chi connectivity index (χ1) is 14.5. The van der Waals surface area contributed by atoms with Crippen LogP contribution in [0.5, 0.6) is 5.75 Å². The molecule has 1 atom stereocenters. The molecule has 30 heavy (non-hydrogen) atoms.